The Morgan fingerprint density at radius 2 is 0.500 bits per heavy atom. The fourth-order valence-corrected chi connectivity index (χ4v) is 4.28. The summed E-state index contributed by atoms with van der Waals surface area (Å²) in [6.07, 6.45) is 0. The average Bonchev–Trinajstić information content (AvgIpc) is 3.85. The zero-order chi connectivity index (χ0) is 29.8. The maximum absolute atomic E-state index is 2.21. The molecule has 0 bridgehead atoms. The van der Waals surface area contributed by atoms with Crippen molar-refractivity contribution in [2.24, 2.45) is 0 Å². The van der Waals surface area contributed by atoms with E-state index >= 15 is 0 Å². The van der Waals surface area contributed by atoms with Gasteiger partial charge >= 0.3 is 43.4 Å². The van der Waals surface area contributed by atoms with E-state index in [0.29, 0.717) is 0 Å². The Bertz CT molecular complexity index is 1430. The van der Waals surface area contributed by atoms with Gasteiger partial charge in [-0.3, -0.25) is 0 Å². The molecular formula is C40H42Cl2Si2Ti2. The number of halogens is 2. The van der Waals surface area contributed by atoms with E-state index in [1.54, 1.807) is 0 Å². The standard InChI is InChI=1S/4C9H7.2C2H7Si.2ClH.2Ti/c4*1-2-5-9-7-3-6-8(9)4-1;2*1-3-2;;;;/h4*1-7H;2*3H,1-2H3;2*1H;;/q4*-1;;;;;2*+3/p-2. The van der Waals surface area contributed by atoms with Crippen LogP contribution in [0.4, 0.5) is 0 Å². The SMILES string of the molecule is C[SiH]C.C[SiH]C.[Cl-].[Cl-].[Ti+3].[Ti+3].c1ccc2[cH-]ccc2c1.c1ccc2[cH-]ccc2c1.c1ccc2[cH-]ccc2c1.c1ccc2[cH-]ccc2c1. The second-order valence-electron chi connectivity index (χ2n) is 9.77. The van der Waals surface area contributed by atoms with Gasteiger partial charge in [-0.15, -0.1) is 119 Å². The Balaban J connectivity index is 0. The largest absolute Gasteiger partial charge is 3.00 e. The van der Waals surface area contributed by atoms with Crippen LogP contribution in [0.1, 0.15) is 0 Å². The van der Waals surface area contributed by atoms with Crippen molar-refractivity contribution in [2.75, 3.05) is 0 Å². The molecule has 4 radical (unpaired) electrons. The van der Waals surface area contributed by atoms with Crippen molar-refractivity contribution in [3.63, 3.8) is 0 Å². The second-order valence-corrected chi connectivity index (χ2v) is 12.1. The molecule has 0 unspecified atom stereocenters. The normalized spacial score (nSPS) is 8.78. The van der Waals surface area contributed by atoms with Crippen LogP contribution in [0, 0.1) is 0 Å². The van der Waals surface area contributed by atoms with Crippen molar-refractivity contribution in [1.29, 1.82) is 0 Å². The molecule has 0 aliphatic heterocycles. The van der Waals surface area contributed by atoms with E-state index in [0.717, 1.165) is 19.0 Å². The quantitative estimate of drug-likeness (QED) is 0.147. The predicted octanol–water partition coefficient (Wildman–Crippen LogP) is 5.28. The van der Waals surface area contributed by atoms with Gasteiger partial charge < -0.3 is 24.8 Å². The Morgan fingerprint density at radius 3 is 0.674 bits per heavy atom. The number of benzene rings is 4. The predicted molar refractivity (Wildman–Crippen MR) is 196 cm³/mol. The van der Waals surface area contributed by atoms with Gasteiger partial charge in [-0.1, -0.05) is 50.5 Å². The molecule has 0 atom stereocenters. The van der Waals surface area contributed by atoms with Crippen LogP contribution >= 0.6 is 0 Å². The van der Waals surface area contributed by atoms with Crippen LogP contribution in [-0.2, 0) is 43.4 Å². The molecule has 8 aromatic carbocycles. The molecule has 8 rings (SSSR count). The summed E-state index contributed by atoms with van der Waals surface area (Å²) in [5.41, 5.74) is 0. The Hall–Kier alpha value is -2.24. The van der Waals surface area contributed by atoms with E-state index in [4.69, 9.17) is 0 Å². The average molecular weight is 746 g/mol. The first-order valence-corrected chi connectivity index (χ1v) is 19.2. The van der Waals surface area contributed by atoms with E-state index in [1.165, 1.54) is 43.1 Å². The van der Waals surface area contributed by atoms with Gasteiger partial charge in [0.1, 0.15) is 0 Å². The number of hydrogen-bond acceptors (Lipinski definition) is 0. The van der Waals surface area contributed by atoms with Crippen molar-refractivity contribution in [1.82, 2.24) is 0 Å². The molecule has 0 spiro atoms. The van der Waals surface area contributed by atoms with E-state index in [-0.39, 0.29) is 68.2 Å². The van der Waals surface area contributed by atoms with E-state index in [1.807, 2.05) is 0 Å². The van der Waals surface area contributed by atoms with Crippen molar-refractivity contribution in [2.45, 2.75) is 26.2 Å². The van der Waals surface area contributed by atoms with Gasteiger partial charge in [0.05, 0.1) is 0 Å². The van der Waals surface area contributed by atoms with Gasteiger partial charge in [-0.25, -0.2) is 0 Å². The third-order valence-electron chi connectivity index (χ3n) is 6.19. The Morgan fingerprint density at radius 1 is 0.326 bits per heavy atom. The van der Waals surface area contributed by atoms with Crippen molar-refractivity contribution in [3.8, 4) is 0 Å². The van der Waals surface area contributed by atoms with E-state index in [9.17, 15) is 0 Å². The van der Waals surface area contributed by atoms with Gasteiger partial charge in [-0.05, 0) is 0 Å². The summed E-state index contributed by atoms with van der Waals surface area (Å²) in [4.78, 5) is 0. The summed E-state index contributed by atoms with van der Waals surface area (Å²) in [6.45, 7) is 8.83. The summed E-state index contributed by atoms with van der Waals surface area (Å²) < 4.78 is 0. The van der Waals surface area contributed by atoms with Crippen molar-refractivity contribution >= 4 is 62.1 Å². The first-order valence-electron chi connectivity index (χ1n) is 14.6. The fraction of sp³-hybridized carbons (Fsp3) is 0.100. The van der Waals surface area contributed by atoms with Gasteiger partial charge in [0, 0.05) is 19.0 Å². The minimum Gasteiger partial charge on any atom is -1.00 e. The molecule has 6 heteroatoms. The Kier molecular flexibility index (Phi) is 27.8. The van der Waals surface area contributed by atoms with E-state index < -0.39 is 0 Å². The first kappa shape index (κ1) is 45.9. The molecule has 232 valence electrons. The number of hydrogen-bond donors (Lipinski definition) is 0. The minimum absolute atomic E-state index is 0. The third-order valence-corrected chi connectivity index (χ3v) is 6.19. The summed E-state index contributed by atoms with van der Waals surface area (Å²) in [7, 11) is 1.50. The summed E-state index contributed by atoms with van der Waals surface area (Å²) in [5, 5.41) is 10.6. The zero-order valence-corrected chi connectivity index (χ0v) is 34.0. The summed E-state index contributed by atoms with van der Waals surface area (Å²) >= 11 is 0. The van der Waals surface area contributed by atoms with Gasteiger partial charge in [0.2, 0.25) is 0 Å². The first-order chi connectivity index (χ1) is 20.7. The smallest absolute Gasteiger partial charge is 1.00 e. The van der Waals surface area contributed by atoms with E-state index in [2.05, 4.69) is 196 Å². The molecule has 0 aliphatic rings. The number of fused-ring (bicyclic) bond motifs is 4. The Labute approximate surface area is 323 Å². The molecule has 0 aliphatic carbocycles. The molecule has 8 aromatic rings. The maximum Gasteiger partial charge on any atom is 3.00 e. The molecular weight excluding hydrogens is 703 g/mol. The monoisotopic (exact) mass is 744 g/mol. The van der Waals surface area contributed by atoms with Crippen LogP contribution in [0.15, 0.2) is 170 Å². The van der Waals surface area contributed by atoms with Gasteiger partial charge in [-0.2, -0.15) is 70.1 Å². The van der Waals surface area contributed by atoms with Gasteiger partial charge in [0.15, 0.2) is 0 Å². The number of rotatable bonds is 0. The zero-order valence-electron chi connectivity index (χ0n) is 27.1. The molecule has 0 aromatic heterocycles. The van der Waals surface area contributed by atoms with Gasteiger partial charge in [0.25, 0.3) is 0 Å². The summed E-state index contributed by atoms with van der Waals surface area (Å²) in [5.74, 6) is 0. The molecule has 46 heavy (non-hydrogen) atoms. The minimum atomic E-state index is 0. The molecule has 0 amide bonds. The molecule has 0 nitrogen and oxygen atoms in total. The van der Waals surface area contributed by atoms with Crippen LogP contribution in [0.2, 0.25) is 26.2 Å². The van der Waals surface area contributed by atoms with Crippen LogP contribution in [-0.4, -0.2) is 19.0 Å². The van der Waals surface area contributed by atoms with Crippen LogP contribution in [0.25, 0.3) is 43.1 Å². The van der Waals surface area contributed by atoms with Crippen molar-refractivity contribution < 1.29 is 68.2 Å². The third kappa shape index (κ3) is 16.0. The fourth-order valence-electron chi connectivity index (χ4n) is 4.28. The van der Waals surface area contributed by atoms with Crippen LogP contribution in [0.3, 0.4) is 0 Å². The maximum atomic E-state index is 2.21. The molecule has 0 saturated heterocycles. The molecule has 0 saturated carbocycles. The summed E-state index contributed by atoms with van der Waals surface area (Å²) in [6, 6.07) is 58.7. The topological polar surface area (TPSA) is 0 Å². The molecule has 0 fully saturated rings. The second kappa shape index (κ2) is 27.8. The van der Waals surface area contributed by atoms with Crippen LogP contribution < -0.4 is 24.8 Å². The molecule has 0 N–H and O–H groups in total. The van der Waals surface area contributed by atoms with Crippen molar-refractivity contribution in [3.05, 3.63) is 170 Å². The molecule has 0 heterocycles. The van der Waals surface area contributed by atoms with Crippen LogP contribution in [0.5, 0.6) is 0 Å².